The van der Waals surface area contributed by atoms with E-state index < -0.39 is 22.0 Å². The van der Waals surface area contributed by atoms with Crippen molar-refractivity contribution in [3.05, 3.63) is 53.5 Å². The molecule has 1 aromatic carbocycles. The molecule has 3 aromatic rings. The molecule has 2 heterocycles. The maximum Gasteiger partial charge on any atom is 0.341 e. The molecule has 11 nitrogen and oxygen atoms in total. The Morgan fingerprint density at radius 2 is 1.90 bits per heavy atom. The summed E-state index contributed by atoms with van der Waals surface area (Å²) in [5.41, 5.74) is 2.45. The Hall–Kier alpha value is -3.51. The van der Waals surface area contributed by atoms with Gasteiger partial charge in [0.1, 0.15) is 5.69 Å². The molecule has 0 saturated heterocycles. The molecule has 0 aliphatic heterocycles. The fraction of sp³-hybridized carbons (Fsp3) is 0.263. The number of carbonyl (C=O) groups is 2. The van der Waals surface area contributed by atoms with Gasteiger partial charge in [-0.05, 0) is 38.0 Å². The third kappa shape index (κ3) is 5.16. The van der Waals surface area contributed by atoms with E-state index in [9.17, 15) is 18.0 Å². The standard InChI is InChI=1S/C19H22N6O5S/c1-3-30-18(26)15-10-22-17-16(11-23-25(17)12(15)2)24-19(27)21-9-8-13-4-6-14(7-5-13)31(20,28)29/h4-7,10-11H,3,8-9H2,1-2H3,(H2,20,28,29)(H2,21,24,27). The third-order valence-electron chi connectivity index (χ3n) is 4.46. The average molecular weight is 446 g/mol. The highest BCUT2D eigenvalue weighted by atomic mass is 32.2. The molecule has 31 heavy (non-hydrogen) atoms. The number of carbonyl (C=O) groups excluding carboxylic acids is 2. The number of anilines is 1. The third-order valence-corrected chi connectivity index (χ3v) is 5.39. The van der Waals surface area contributed by atoms with Gasteiger partial charge in [0.05, 0.1) is 29.0 Å². The first kappa shape index (κ1) is 22.2. The van der Waals surface area contributed by atoms with Crippen molar-refractivity contribution in [1.82, 2.24) is 19.9 Å². The molecule has 0 fully saturated rings. The molecule has 0 saturated carbocycles. The van der Waals surface area contributed by atoms with Crippen molar-refractivity contribution >= 4 is 33.4 Å². The first-order chi connectivity index (χ1) is 14.7. The van der Waals surface area contributed by atoms with E-state index in [1.54, 1.807) is 26.0 Å². The molecule has 3 rings (SSSR count). The molecule has 2 amide bonds. The average Bonchev–Trinajstić information content (AvgIpc) is 3.11. The summed E-state index contributed by atoms with van der Waals surface area (Å²) < 4.78 is 29.0. The number of benzene rings is 1. The van der Waals surface area contributed by atoms with Gasteiger partial charge >= 0.3 is 12.0 Å². The van der Waals surface area contributed by atoms with Crippen LogP contribution < -0.4 is 15.8 Å². The number of ether oxygens (including phenoxy) is 1. The lowest BCUT2D eigenvalue weighted by atomic mass is 10.1. The minimum atomic E-state index is -3.73. The molecule has 0 bridgehead atoms. The number of aromatic nitrogens is 3. The number of hydrogen-bond donors (Lipinski definition) is 3. The first-order valence-electron chi connectivity index (χ1n) is 9.37. The number of urea groups is 1. The van der Waals surface area contributed by atoms with E-state index >= 15 is 0 Å². The number of esters is 1. The van der Waals surface area contributed by atoms with Crippen LogP contribution in [-0.2, 0) is 21.2 Å². The van der Waals surface area contributed by atoms with Crippen LogP contribution in [0, 0.1) is 6.92 Å². The molecule has 0 aliphatic rings. The van der Waals surface area contributed by atoms with Crippen LogP contribution in [0.15, 0.2) is 41.6 Å². The number of aryl methyl sites for hydroxylation is 1. The van der Waals surface area contributed by atoms with E-state index in [-0.39, 0.29) is 11.5 Å². The highest BCUT2D eigenvalue weighted by Gasteiger charge is 2.17. The van der Waals surface area contributed by atoms with Crippen molar-refractivity contribution in [2.24, 2.45) is 5.14 Å². The Kier molecular flexibility index (Phi) is 6.51. The zero-order chi connectivity index (χ0) is 22.6. The smallest absolute Gasteiger partial charge is 0.341 e. The van der Waals surface area contributed by atoms with Gasteiger partial charge in [-0.1, -0.05) is 12.1 Å². The Bertz CT molecular complexity index is 1220. The Morgan fingerprint density at radius 3 is 2.55 bits per heavy atom. The van der Waals surface area contributed by atoms with E-state index in [1.807, 2.05) is 0 Å². The van der Waals surface area contributed by atoms with E-state index in [2.05, 4.69) is 20.7 Å². The van der Waals surface area contributed by atoms with Gasteiger partial charge in [-0.15, -0.1) is 0 Å². The van der Waals surface area contributed by atoms with Crippen LogP contribution in [-0.4, -0.2) is 48.2 Å². The Morgan fingerprint density at radius 1 is 1.19 bits per heavy atom. The van der Waals surface area contributed by atoms with Gasteiger partial charge in [0.25, 0.3) is 0 Å². The van der Waals surface area contributed by atoms with E-state index in [1.165, 1.54) is 29.0 Å². The van der Waals surface area contributed by atoms with Crippen LogP contribution in [0.5, 0.6) is 0 Å². The van der Waals surface area contributed by atoms with Crippen LogP contribution in [0.2, 0.25) is 0 Å². The number of sulfonamides is 1. The summed E-state index contributed by atoms with van der Waals surface area (Å²) in [7, 11) is -3.73. The fourth-order valence-corrected chi connectivity index (χ4v) is 3.39. The SMILES string of the molecule is CCOC(=O)c1cnc2c(NC(=O)NCCc3ccc(S(N)(=O)=O)cc3)cnn2c1C. The van der Waals surface area contributed by atoms with Gasteiger partial charge < -0.3 is 15.4 Å². The summed E-state index contributed by atoms with van der Waals surface area (Å²) >= 11 is 0. The number of fused-ring (bicyclic) bond motifs is 1. The monoisotopic (exact) mass is 446 g/mol. The van der Waals surface area contributed by atoms with Crippen molar-refractivity contribution in [3.63, 3.8) is 0 Å². The second-order valence-corrected chi connectivity index (χ2v) is 8.15. The molecule has 0 aliphatic carbocycles. The molecule has 0 radical (unpaired) electrons. The van der Waals surface area contributed by atoms with Gasteiger partial charge in [-0.25, -0.2) is 32.6 Å². The summed E-state index contributed by atoms with van der Waals surface area (Å²) in [6, 6.07) is 5.66. The van der Waals surface area contributed by atoms with Crippen molar-refractivity contribution in [2.75, 3.05) is 18.5 Å². The van der Waals surface area contributed by atoms with Gasteiger partial charge in [0.15, 0.2) is 5.65 Å². The van der Waals surface area contributed by atoms with E-state index in [0.717, 1.165) is 5.56 Å². The normalized spacial score (nSPS) is 11.3. The number of primary sulfonamides is 1. The summed E-state index contributed by atoms with van der Waals surface area (Å²) in [4.78, 5) is 28.4. The molecule has 0 spiro atoms. The van der Waals surface area contributed by atoms with Crippen molar-refractivity contribution in [1.29, 1.82) is 0 Å². The number of nitrogens with two attached hydrogens (primary N) is 1. The Labute approximate surface area is 178 Å². The summed E-state index contributed by atoms with van der Waals surface area (Å²) in [6.45, 7) is 3.99. The van der Waals surface area contributed by atoms with Crippen LogP contribution in [0.25, 0.3) is 5.65 Å². The van der Waals surface area contributed by atoms with E-state index in [0.29, 0.717) is 35.6 Å². The van der Waals surface area contributed by atoms with Gasteiger partial charge in [-0.2, -0.15) is 5.10 Å². The molecule has 0 atom stereocenters. The first-order valence-corrected chi connectivity index (χ1v) is 10.9. The molecular weight excluding hydrogens is 424 g/mol. The maximum absolute atomic E-state index is 12.2. The lowest BCUT2D eigenvalue weighted by molar-refractivity contribution is 0.0524. The molecular formula is C19H22N6O5S. The zero-order valence-electron chi connectivity index (χ0n) is 17.0. The maximum atomic E-state index is 12.2. The lowest BCUT2D eigenvalue weighted by Gasteiger charge is -2.08. The highest BCUT2D eigenvalue weighted by Crippen LogP contribution is 2.18. The fourth-order valence-electron chi connectivity index (χ4n) is 2.87. The number of amides is 2. The highest BCUT2D eigenvalue weighted by molar-refractivity contribution is 7.89. The van der Waals surface area contributed by atoms with Crippen molar-refractivity contribution < 1.29 is 22.7 Å². The number of nitrogens with one attached hydrogen (secondary N) is 2. The summed E-state index contributed by atoms with van der Waals surface area (Å²) in [6.07, 6.45) is 3.32. The lowest BCUT2D eigenvalue weighted by Crippen LogP contribution is -2.30. The minimum absolute atomic E-state index is 0.0314. The number of nitrogens with zero attached hydrogens (tertiary/aromatic N) is 3. The predicted molar refractivity (Wildman–Crippen MR) is 112 cm³/mol. The number of rotatable bonds is 7. The molecule has 12 heteroatoms. The summed E-state index contributed by atoms with van der Waals surface area (Å²) in [5, 5.41) is 14.6. The predicted octanol–water partition coefficient (Wildman–Crippen LogP) is 1.23. The van der Waals surface area contributed by atoms with Crippen molar-refractivity contribution in [2.45, 2.75) is 25.2 Å². The second-order valence-electron chi connectivity index (χ2n) is 6.59. The molecule has 164 valence electrons. The zero-order valence-corrected chi connectivity index (χ0v) is 17.8. The van der Waals surface area contributed by atoms with Gasteiger partial charge in [0.2, 0.25) is 10.0 Å². The molecule has 4 N–H and O–H groups in total. The minimum Gasteiger partial charge on any atom is -0.462 e. The van der Waals surface area contributed by atoms with E-state index in [4.69, 9.17) is 9.88 Å². The quantitative estimate of drug-likeness (QED) is 0.460. The second kappa shape index (κ2) is 9.10. The van der Waals surface area contributed by atoms with Crippen LogP contribution in [0.1, 0.15) is 28.5 Å². The molecule has 2 aromatic heterocycles. The molecule has 0 unspecified atom stereocenters. The topological polar surface area (TPSA) is 158 Å². The van der Waals surface area contributed by atoms with Crippen LogP contribution in [0.4, 0.5) is 10.5 Å². The van der Waals surface area contributed by atoms with Crippen LogP contribution >= 0.6 is 0 Å². The van der Waals surface area contributed by atoms with Crippen molar-refractivity contribution in [3.8, 4) is 0 Å². The Balaban J connectivity index is 1.60. The summed E-state index contributed by atoms with van der Waals surface area (Å²) in [5.74, 6) is -0.491. The van der Waals surface area contributed by atoms with Gasteiger partial charge in [0, 0.05) is 12.7 Å². The largest absolute Gasteiger partial charge is 0.462 e. The van der Waals surface area contributed by atoms with Crippen LogP contribution in [0.3, 0.4) is 0 Å². The number of hydrogen-bond acceptors (Lipinski definition) is 7. The van der Waals surface area contributed by atoms with Gasteiger partial charge in [-0.3, -0.25) is 0 Å².